The monoisotopic (exact) mass is 343 g/mol. The number of thiocarbonyl (C=S) groups is 1. The highest BCUT2D eigenvalue weighted by molar-refractivity contribution is 7.80. The van der Waals surface area contributed by atoms with Crippen molar-refractivity contribution in [2.24, 2.45) is 0 Å². The molecular formula is C19H22FN3S. The van der Waals surface area contributed by atoms with Gasteiger partial charge >= 0.3 is 0 Å². The van der Waals surface area contributed by atoms with Crippen LogP contribution in [0, 0.1) is 5.82 Å². The Labute approximate surface area is 147 Å². The summed E-state index contributed by atoms with van der Waals surface area (Å²) in [7, 11) is 0. The highest BCUT2D eigenvalue weighted by Gasteiger charge is 2.10. The van der Waals surface area contributed by atoms with Gasteiger partial charge in [0.25, 0.3) is 0 Å². The fourth-order valence-electron chi connectivity index (χ4n) is 2.92. The van der Waals surface area contributed by atoms with E-state index < -0.39 is 0 Å². The molecule has 5 heteroatoms. The molecule has 0 spiro atoms. The van der Waals surface area contributed by atoms with Gasteiger partial charge in [0.15, 0.2) is 5.11 Å². The van der Waals surface area contributed by atoms with Crippen LogP contribution < -0.4 is 10.6 Å². The molecule has 0 aromatic heterocycles. The first-order valence-corrected chi connectivity index (χ1v) is 8.75. The molecule has 0 unspecified atom stereocenters. The van der Waals surface area contributed by atoms with Crippen LogP contribution in [0.4, 0.5) is 15.8 Å². The quantitative estimate of drug-likeness (QED) is 0.792. The van der Waals surface area contributed by atoms with Crippen LogP contribution in [-0.2, 0) is 6.54 Å². The molecular weight excluding hydrogens is 321 g/mol. The van der Waals surface area contributed by atoms with Gasteiger partial charge in [0.2, 0.25) is 0 Å². The zero-order valence-electron chi connectivity index (χ0n) is 13.6. The van der Waals surface area contributed by atoms with Crippen molar-refractivity contribution >= 4 is 28.7 Å². The molecule has 1 aliphatic heterocycles. The molecule has 0 saturated carbocycles. The van der Waals surface area contributed by atoms with Gasteiger partial charge in [-0.2, -0.15) is 0 Å². The van der Waals surface area contributed by atoms with E-state index in [4.69, 9.17) is 12.2 Å². The summed E-state index contributed by atoms with van der Waals surface area (Å²) in [5.74, 6) is -0.321. The zero-order valence-corrected chi connectivity index (χ0v) is 14.4. The third-order valence-electron chi connectivity index (χ3n) is 4.19. The molecule has 2 aromatic carbocycles. The number of hydrogen-bond donors (Lipinski definition) is 2. The van der Waals surface area contributed by atoms with Crippen molar-refractivity contribution in [3.05, 3.63) is 59.9 Å². The van der Waals surface area contributed by atoms with Crippen LogP contribution in [0.5, 0.6) is 0 Å². The lowest BCUT2D eigenvalue weighted by molar-refractivity contribution is 0.221. The van der Waals surface area contributed by atoms with E-state index >= 15 is 0 Å². The second-order valence-electron chi connectivity index (χ2n) is 6.09. The SMILES string of the molecule is Fc1ccccc1NC(=S)Nc1ccc(CN2CCCCC2)cc1. The van der Waals surface area contributed by atoms with Gasteiger partial charge in [-0.15, -0.1) is 0 Å². The molecule has 0 atom stereocenters. The molecule has 1 fully saturated rings. The van der Waals surface area contributed by atoms with Gasteiger partial charge in [0.1, 0.15) is 5.82 Å². The minimum absolute atomic E-state index is 0.321. The van der Waals surface area contributed by atoms with Crippen LogP contribution in [0.25, 0.3) is 0 Å². The summed E-state index contributed by atoms with van der Waals surface area (Å²) >= 11 is 5.24. The van der Waals surface area contributed by atoms with Crippen molar-refractivity contribution in [3.8, 4) is 0 Å². The van der Waals surface area contributed by atoms with Gasteiger partial charge in [-0.3, -0.25) is 4.90 Å². The number of halogens is 1. The number of likely N-dealkylation sites (tertiary alicyclic amines) is 1. The lowest BCUT2D eigenvalue weighted by Gasteiger charge is -2.26. The van der Waals surface area contributed by atoms with E-state index in [0.29, 0.717) is 10.8 Å². The maximum atomic E-state index is 13.6. The Kier molecular flexibility index (Phi) is 5.77. The second-order valence-corrected chi connectivity index (χ2v) is 6.50. The Morgan fingerprint density at radius 3 is 2.38 bits per heavy atom. The number of para-hydroxylation sites is 1. The number of rotatable bonds is 4. The third kappa shape index (κ3) is 4.76. The summed E-state index contributed by atoms with van der Waals surface area (Å²) < 4.78 is 13.6. The summed E-state index contributed by atoms with van der Waals surface area (Å²) in [6.45, 7) is 3.38. The van der Waals surface area contributed by atoms with E-state index in [1.165, 1.54) is 44.0 Å². The number of anilines is 2. The van der Waals surface area contributed by atoms with Crippen LogP contribution in [-0.4, -0.2) is 23.1 Å². The number of benzene rings is 2. The maximum Gasteiger partial charge on any atom is 0.175 e. The van der Waals surface area contributed by atoms with Crippen LogP contribution in [0.2, 0.25) is 0 Å². The molecule has 0 radical (unpaired) electrons. The molecule has 24 heavy (non-hydrogen) atoms. The summed E-state index contributed by atoms with van der Waals surface area (Å²) in [6.07, 6.45) is 3.96. The van der Waals surface area contributed by atoms with Gasteiger partial charge in [-0.1, -0.05) is 30.7 Å². The van der Waals surface area contributed by atoms with E-state index in [-0.39, 0.29) is 5.82 Å². The number of nitrogens with one attached hydrogen (secondary N) is 2. The topological polar surface area (TPSA) is 27.3 Å². The standard InChI is InChI=1S/C19H22FN3S/c20-17-6-2-3-7-18(17)22-19(24)21-16-10-8-15(9-11-16)14-23-12-4-1-5-13-23/h2-3,6-11H,1,4-5,12-14H2,(H2,21,22,24). The van der Waals surface area contributed by atoms with Crippen LogP contribution in [0.15, 0.2) is 48.5 Å². The first kappa shape index (κ1) is 16.9. The summed E-state index contributed by atoms with van der Waals surface area (Å²) in [5.41, 5.74) is 2.57. The Balaban J connectivity index is 1.53. The molecule has 0 aliphatic carbocycles. The van der Waals surface area contributed by atoms with Gasteiger partial charge in [0, 0.05) is 12.2 Å². The van der Waals surface area contributed by atoms with Crippen LogP contribution >= 0.6 is 12.2 Å². The Morgan fingerprint density at radius 1 is 0.958 bits per heavy atom. The van der Waals surface area contributed by atoms with Gasteiger partial charge in [0.05, 0.1) is 5.69 Å². The first-order chi connectivity index (χ1) is 11.7. The minimum Gasteiger partial charge on any atom is -0.332 e. The molecule has 1 aliphatic rings. The molecule has 1 heterocycles. The fourth-order valence-corrected chi connectivity index (χ4v) is 3.14. The molecule has 126 valence electrons. The van der Waals surface area contributed by atoms with Gasteiger partial charge in [-0.25, -0.2) is 4.39 Å². The van der Waals surface area contributed by atoms with Crippen molar-refractivity contribution < 1.29 is 4.39 Å². The minimum atomic E-state index is -0.321. The van der Waals surface area contributed by atoms with Crippen molar-refractivity contribution in [2.45, 2.75) is 25.8 Å². The van der Waals surface area contributed by atoms with E-state index in [1.54, 1.807) is 18.2 Å². The van der Waals surface area contributed by atoms with Gasteiger partial charge in [-0.05, 0) is 68.0 Å². The average Bonchev–Trinajstić information content (AvgIpc) is 2.60. The summed E-state index contributed by atoms with van der Waals surface area (Å²) in [6, 6.07) is 14.7. The van der Waals surface area contributed by atoms with Gasteiger partial charge < -0.3 is 10.6 Å². The first-order valence-electron chi connectivity index (χ1n) is 8.34. The molecule has 2 aromatic rings. The van der Waals surface area contributed by atoms with Crippen molar-refractivity contribution in [2.75, 3.05) is 23.7 Å². The summed E-state index contributed by atoms with van der Waals surface area (Å²) in [5, 5.41) is 6.34. The third-order valence-corrected chi connectivity index (χ3v) is 4.39. The van der Waals surface area contributed by atoms with E-state index in [9.17, 15) is 4.39 Å². The molecule has 3 rings (SSSR count). The van der Waals surface area contributed by atoms with E-state index in [2.05, 4.69) is 27.7 Å². The summed E-state index contributed by atoms with van der Waals surface area (Å²) in [4.78, 5) is 2.50. The van der Waals surface area contributed by atoms with Crippen molar-refractivity contribution in [1.82, 2.24) is 4.90 Å². The lowest BCUT2D eigenvalue weighted by Crippen LogP contribution is -2.29. The molecule has 1 saturated heterocycles. The Bertz CT molecular complexity index is 681. The molecule has 3 nitrogen and oxygen atoms in total. The van der Waals surface area contributed by atoms with Crippen molar-refractivity contribution in [3.63, 3.8) is 0 Å². The number of hydrogen-bond acceptors (Lipinski definition) is 2. The lowest BCUT2D eigenvalue weighted by atomic mass is 10.1. The zero-order chi connectivity index (χ0) is 16.8. The normalized spacial score (nSPS) is 15.0. The predicted octanol–water partition coefficient (Wildman–Crippen LogP) is 4.62. The fraction of sp³-hybridized carbons (Fsp3) is 0.316. The Morgan fingerprint density at radius 2 is 1.67 bits per heavy atom. The number of piperidine rings is 1. The van der Waals surface area contributed by atoms with Crippen LogP contribution in [0.3, 0.4) is 0 Å². The molecule has 0 bridgehead atoms. The molecule has 0 amide bonds. The highest BCUT2D eigenvalue weighted by atomic mass is 32.1. The Hall–Kier alpha value is -1.98. The molecule has 2 N–H and O–H groups in total. The highest BCUT2D eigenvalue weighted by Crippen LogP contribution is 2.16. The maximum absolute atomic E-state index is 13.6. The van der Waals surface area contributed by atoms with E-state index in [1.807, 2.05) is 12.1 Å². The van der Waals surface area contributed by atoms with E-state index in [0.717, 1.165) is 12.2 Å². The largest absolute Gasteiger partial charge is 0.332 e. The number of nitrogens with zero attached hydrogens (tertiary/aromatic N) is 1. The average molecular weight is 343 g/mol. The van der Waals surface area contributed by atoms with Crippen molar-refractivity contribution in [1.29, 1.82) is 0 Å². The predicted molar refractivity (Wildman–Crippen MR) is 102 cm³/mol. The van der Waals surface area contributed by atoms with Crippen LogP contribution in [0.1, 0.15) is 24.8 Å². The smallest absolute Gasteiger partial charge is 0.175 e. The second kappa shape index (κ2) is 8.22.